The van der Waals surface area contributed by atoms with Gasteiger partial charge in [0.1, 0.15) is 0 Å². The molecule has 0 aliphatic heterocycles. The van der Waals surface area contributed by atoms with Crippen LogP contribution in [0.2, 0.25) is 5.02 Å². The van der Waals surface area contributed by atoms with Crippen LogP contribution in [0.25, 0.3) is 28.2 Å². The number of hydrogen-bond acceptors (Lipinski definition) is 6. The van der Waals surface area contributed by atoms with Gasteiger partial charge in [-0.25, -0.2) is 18.4 Å². The Balaban J connectivity index is 1.25. The average molecular weight is 605 g/mol. The van der Waals surface area contributed by atoms with E-state index in [4.69, 9.17) is 20.8 Å². The van der Waals surface area contributed by atoms with Crippen LogP contribution in [0.1, 0.15) is 66.3 Å². The highest BCUT2D eigenvalue weighted by Crippen LogP contribution is 2.50. The highest BCUT2D eigenvalue weighted by Gasteiger charge is 2.49. The summed E-state index contributed by atoms with van der Waals surface area (Å²) in [5.41, 5.74) is 3.07. The molecule has 2 heterocycles. The third kappa shape index (κ3) is 4.74. The van der Waals surface area contributed by atoms with Crippen LogP contribution in [0.4, 0.5) is 8.78 Å². The average Bonchev–Trinajstić information content (AvgIpc) is 3.55. The van der Waals surface area contributed by atoms with Crippen LogP contribution in [-0.2, 0) is 10.3 Å². The van der Waals surface area contributed by atoms with Gasteiger partial charge in [0.15, 0.2) is 0 Å². The monoisotopic (exact) mass is 604 g/mol. The normalized spacial score (nSPS) is 17.7. The van der Waals surface area contributed by atoms with Gasteiger partial charge in [0.2, 0.25) is 17.7 Å². The van der Waals surface area contributed by atoms with E-state index in [0.717, 1.165) is 23.9 Å². The number of benzene rings is 3. The Bertz CT molecular complexity index is 1910. The standard InChI is InChI=1S/C32H27ClF2N4O4/c1-42-29(40)21-3-2-4-22(17-21)31(15-16-31)39-25-10-7-23(33)18-26(25)38(30(39)41)24-8-5-19(6-9-24)27-36-37-28(43-27)20-11-13-32(34,35)14-12-20/h2-10,17-18,20H,11-16H2,1H3. The van der Waals surface area contributed by atoms with Crippen molar-refractivity contribution in [1.29, 1.82) is 0 Å². The first-order valence-electron chi connectivity index (χ1n) is 14.1. The molecule has 11 heteroatoms. The molecule has 5 aromatic rings. The maximum absolute atomic E-state index is 14.2. The number of carbonyl (C=O) groups excluding carboxylic acids is 1. The predicted octanol–water partition coefficient (Wildman–Crippen LogP) is 7.11. The molecule has 2 aliphatic carbocycles. The number of esters is 1. The summed E-state index contributed by atoms with van der Waals surface area (Å²) in [5.74, 6) is -2.59. The van der Waals surface area contributed by atoms with Gasteiger partial charge in [-0.2, -0.15) is 0 Å². The molecule has 0 saturated heterocycles. The maximum atomic E-state index is 14.2. The molecule has 3 aromatic carbocycles. The van der Waals surface area contributed by atoms with E-state index in [1.54, 1.807) is 63.7 Å². The minimum absolute atomic E-state index is 0.183. The molecule has 43 heavy (non-hydrogen) atoms. The van der Waals surface area contributed by atoms with Gasteiger partial charge in [-0.05, 0) is 85.8 Å². The van der Waals surface area contributed by atoms with Crippen molar-refractivity contribution in [3.63, 3.8) is 0 Å². The number of methoxy groups -OCH3 is 1. The maximum Gasteiger partial charge on any atom is 0.337 e. The molecule has 2 fully saturated rings. The smallest absolute Gasteiger partial charge is 0.337 e. The lowest BCUT2D eigenvalue weighted by atomic mass is 9.87. The van der Waals surface area contributed by atoms with E-state index in [1.807, 2.05) is 12.1 Å². The van der Waals surface area contributed by atoms with Crippen molar-refractivity contribution in [3.8, 4) is 17.1 Å². The second-order valence-corrected chi connectivity index (χ2v) is 11.7. The minimum Gasteiger partial charge on any atom is -0.465 e. The molecule has 220 valence electrons. The van der Waals surface area contributed by atoms with Crippen molar-refractivity contribution < 1.29 is 22.7 Å². The van der Waals surface area contributed by atoms with Crippen molar-refractivity contribution in [2.45, 2.75) is 55.9 Å². The number of hydrogen-bond donors (Lipinski definition) is 0. The molecule has 0 unspecified atom stereocenters. The largest absolute Gasteiger partial charge is 0.465 e. The van der Waals surface area contributed by atoms with Crippen LogP contribution in [0.3, 0.4) is 0 Å². The molecule has 0 radical (unpaired) electrons. The Labute approximate surface area is 249 Å². The van der Waals surface area contributed by atoms with Gasteiger partial charge < -0.3 is 9.15 Å². The molecule has 0 amide bonds. The lowest BCUT2D eigenvalue weighted by Gasteiger charge is -2.25. The third-order valence-corrected chi connectivity index (χ3v) is 8.89. The van der Waals surface area contributed by atoms with Crippen LogP contribution >= 0.6 is 11.6 Å². The summed E-state index contributed by atoms with van der Waals surface area (Å²) in [6.45, 7) is 0. The van der Waals surface area contributed by atoms with Crippen LogP contribution in [0.5, 0.6) is 0 Å². The lowest BCUT2D eigenvalue weighted by Crippen LogP contribution is -2.32. The second kappa shape index (κ2) is 10.2. The Morgan fingerprint density at radius 2 is 1.72 bits per heavy atom. The summed E-state index contributed by atoms with van der Waals surface area (Å²) in [7, 11) is 1.34. The molecule has 2 aromatic heterocycles. The van der Waals surface area contributed by atoms with E-state index in [9.17, 15) is 18.4 Å². The highest BCUT2D eigenvalue weighted by atomic mass is 35.5. The molecular formula is C32H27ClF2N4O4. The van der Waals surface area contributed by atoms with E-state index in [1.165, 1.54) is 7.11 Å². The summed E-state index contributed by atoms with van der Waals surface area (Å²) in [4.78, 5) is 26.4. The number of ether oxygens (including phenoxy) is 1. The topological polar surface area (TPSA) is 92.2 Å². The molecule has 8 nitrogen and oxygen atoms in total. The molecule has 2 saturated carbocycles. The summed E-state index contributed by atoms with van der Waals surface area (Å²) >= 11 is 6.40. The second-order valence-electron chi connectivity index (χ2n) is 11.3. The van der Waals surface area contributed by atoms with E-state index in [-0.39, 0.29) is 24.4 Å². The summed E-state index contributed by atoms with van der Waals surface area (Å²) in [6.07, 6.45) is 1.70. The van der Waals surface area contributed by atoms with Gasteiger partial charge >= 0.3 is 11.7 Å². The van der Waals surface area contributed by atoms with Gasteiger partial charge in [-0.3, -0.25) is 9.13 Å². The molecule has 7 rings (SSSR count). The molecule has 2 aliphatic rings. The summed E-state index contributed by atoms with van der Waals surface area (Å²) < 4.78 is 41.4. The number of rotatable bonds is 6. The fraction of sp³-hybridized carbons (Fsp3) is 0.312. The summed E-state index contributed by atoms with van der Waals surface area (Å²) in [6, 6.07) is 19.7. The van der Waals surface area contributed by atoms with Gasteiger partial charge in [-0.1, -0.05) is 23.7 Å². The van der Waals surface area contributed by atoms with Crippen molar-refractivity contribution in [1.82, 2.24) is 19.3 Å². The van der Waals surface area contributed by atoms with E-state index in [2.05, 4.69) is 10.2 Å². The minimum atomic E-state index is -2.63. The zero-order valence-corrected chi connectivity index (χ0v) is 24.0. The van der Waals surface area contributed by atoms with Crippen molar-refractivity contribution >= 4 is 28.6 Å². The van der Waals surface area contributed by atoms with Crippen LogP contribution in [-0.4, -0.2) is 38.3 Å². The van der Waals surface area contributed by atoms with Crippen LogP contribution in [0, 0.1) is 0 Å². The number of aromatic nitrogens is 4. The van der Waals surface area contributed by atoms with E-state index in [0.29, 0.717) is 52.0 Å². The van der Waals surface area contributed by atoms with Crippen molar-refractivity contribution in [2.24, 2.45) is 0 Å². The zero-order chi connectivity index (χ0) is 29.9. The number of nitrogens with zero attached hydrogens (tertiary/aromatic N) is 4. The molecule has 0 bridgehead atoms. The number of imidazole rings is 1. The quantitative estimate of drug-likeness (QED) is 0.192. The van der Waals surface area contributed by atoms with Crippen molar-refractivity contribution in [3.05, 3.63) is 99.3 Å². The van der Waals surface area contributed by atoms with Crippen LogP contribution in [0.15, 0.2) is 75.9 Å². The Morgan fingerprint density at radius 1 is 0.977 bits per heavy atom. The first kappa shape index (κ1) is 27.5. The SMILES string of the molecule is COC(=O)c1cccc(C2(n3c(=O)n(-c4ccc(-c5nnc(C6CCC(F)(F)CC6)o5)cc4)c4cc(Cl)ccc43)CC2)c1. The third-order valence-electron chi connectivity index (χ3n) is 8.65. The first-order valence-corrected chi connectivity index (χ1v) is 14.5. The molecule has 0 atom stereocenters. The lowest BCUT2D eigenvalue weighted by molar-refractivity contribution is -0.0398. The number of carbonyl (C=O) groups is 1. The van der Waals surface area contributed by atoms with Gasteiger partial charge in [0, 0.05) is 29.3 Å². The predicted molar refractivity (Wildman–Crippen MR) is 156 cm³/mol. The first-order chi connectivity index (χ1) is 20.7. The van der Waals surface area contributed by atoms with Gasteiger partial charge in [0.25, 0.3) is 0 Å². The fourth-order valence-corrected chi connectivity index (χ4v) is 6.37. The molecule has 0 N–H and O–H groups in total. The Hall–Kier alpha value is -4.31. The molecule has 0 spiro atoms. The highest BCUT2D eigenvalue weighted by molar-refractivity contribution is 6.31. The zero-order valence-electron chi connectivity index (χ0n) is 23.2. The fourth-order valence-electron chi connectivity index (χ4n) is 6.20. The van der Waals surface area contributed by atoms with Crippen molar-refractivity contribution in [2.75, 3.05) is 7.11 Å². The Morgan fingerprint density at radius 3 is 2.42 bits per heavy atom. The summed E-state index contributed by atoms with van der Waals surface area (Å²) in [5, 5.41) is 8.78. The van der Waals surface area contributed by atoms with Crippen LogP contribution < -0.4 is 5.69 Å². The van der Waals surface area contributed by atoms with E-state index < -0.39 is 17.4 Å². The van der Waals surface area contributed by atoms with Gasteiger partial charge in [0.05, 0.1) is 34.9 Å². The number of alkyl halides is 2. The number of fused-ring (bicyclic) bond motifs is 1. The van der Waals surface area contributed by atoms with E-state index >= 15 is 0 Å². The molecular weight excluding hydrogens is 578 g/mol. The van der Waals surface area contributed by atoms with Gasteiger partial charge in [-0.15, -0.1) is 10.2 Å². The number of halogens is 3. The Kier molecular flexibility index (Phi) is 6.50.